The van der Waals surface area contributed by atoms with E-state index in [0.29, 0.717) is 5.75 Å². The molecule has 0 aliphatic heterocycles. The molecule has 2 aromatic carbocycles. The number of carbonyl (C=O) groups is 1. The van der Waals surface area contributed by atoms with Gasteiger partial charge < -0.3 is 10.1 Å². The molecule has 0 atom stereocenters. The fraction of sp³-hybridized carbons (Fsp3) is 0.133. The molecule has 0 heterocycles. The summed E-state index contributed by atoms with van der Waals surface area (Å²) < 4.78 is 31.2. The third-order valence-corrected chi connectivity index (χ3v) is 2.49. The Balaban J connectivity index is 1.81. The standard InChI is InChI=1S/C15H13F2NO2/c16-11-8-12(17)10-13(9-11)18-15(19)6-7-20-14-4-2-1-3-5-14/h1-5,8-10H,6-7H2,(H,18,19). The van der Waals surface area contributed by atoms with Crippen LogP contribution in [0.3, 0.4) is 0 Å². The lowest BCUT2D eigenvalue weighted by atomic mass is 10.3. The second-order valence-corrected chi connectivity index (χ2v) is 4.12. The number of amides is 1. The maximum absolute atomic E-state index is 12.9. The van der Waals surface area contributed by atoms with Gasteiger partial charge in [0.1, 0.15) is 17.4 Å². The van der Waals surface area contributed by atoms with Gasteiger partial charge in [-0.3, -0.25) is 4.79 Å². The highest BCUT2D eigenvalue weighted by molar-refractivity contribution is 5.90. The summed E-state index contributed by atoms with van der Waals surface area (Å²) in [6.45, 7) is 0.188. The molecule has 2 rings (SSSR count). The molecule has 0 unspecified atom stereocenters. The third-order valence-electron chi connectivity index (χ3n) is 2.49. The molecule has 1 N–H and O–H groups in total. The number of carbonyl (C=O) groups excluding carboxylic acids is 1. The molecule has 3 nitrogen and oxygen atoms in total. The maximum atomic E-state index is 12.9. The number of nitrogens with one attached hydrogen (secondary N) is 1. The molecule has 0 bridgehead atoms. The zero-order chi connectivity index (χ0) is 14.4. The molecule has 104 valence electrons. The Morgan fingerprint density at radius 2 is 1.70 bits per heavy atom. The van der Waals surface area contributed by atoms with Crippen LogP contribution in [-0.4, -0.2) is 12.5 Å². The van der Waals surface area contributed by atoms with Gasteiger partial charge in [0.15, 0.2) is 0 Å². The molecule has 0 aliphatic carbocycles. The second-order valence-electron chi connectivity index (χ2n) is 4.12. The van der Waals surface area contributed by atoms with Gasteiger partial charge in [0.05, 0.1) is 13.0 Å². The van der Waals surface area contributed by atoms with Gasteiger partial charge in [0.2, 0.25) is 5.91 Å². The zero-order valence-corrected chi connectivity index (χ0v) is 10.6. The molecule has 20 heavy (non-hydrogen) atoms. The van der Waals surface area contributed by atoms with Crippen LogP contribution in [-0.2, 0) is 4.79 Å². The molecule has 0 saturated heterocycles. The van der Waals surface area contributed by atoms with Crippen molar-refractivity contribution in [1.82, 2.24) is 0 Å². The van der Waals surface area contributed by atoms with Crippen molar-refractivity contribution in [3.63, 3.8) is 0 Å². The highest BCUT2D eigenvalue weighted by Crippen LogP contribution is 2.13. The molecular weight excluding hydrogens is 264 g/mol. The molecule has 0 aromatic heterocycles. The predicted molar refractivity (Wildman–Crippen MR) is 71.5 cm³/mol. The maximum Gasteiger partial charge on any atom is 0.227 e. The van der Waals surface area contributed by atoms with Crippen LogP contribution < -0.4 is 10.1 Å². The number of para-hydroxylation sites is 1. The number of anilines is 1. The largest absolute Gasteiger partial charge is 0.493 e. The van der Waals surface area contributed by atoms with Crippen LogP contribution in [0.2, 0.25) is 0 Å². The van der Waals surface area contributed by atoms with Crippen LogP contribution in [0.4, 0.5) is 14.5 Å². The Morgan fingerprint density at radius 3 is 2.35 bits per heavy atom. The minimum absolute atomic E-state index is 0.0900. The van der Waals surface area contributed by atoms with Crippen molar-refractivity contribution in [2.24, 2.45) is 0 Å². The first-order valence-corrected chi connectivity index (χ1v) is 6.07. The molecule has 0 fully saturated rings. The zero-order valence-electron chi connectivity index (χ0n) is 10.6. The molecule has 2 aromatic rings. The minimum atomic E-state index is -0.735. The SMILES string of the molecule is O=C(CCOc1ccccc1)Nc1cc(F)cc(F)c1. The Morgan fingerprint density at radius 1 is 1.05 bits per heavy atom. The van der Waals surface area contributed by atoms with E-state index in [-0.39, 0.29) is 24.6 Å². The van der Waals surface area contributed by atoms with Crippen molar-refractivity contribution in [3.05, 3.63) is 60.2 Å². The van der Waals surface area contributed by atoms with Crippen LogP contribution in [0.25, 0.3) is 0 Å². The third kappa shape index (κ3) is 4.35. The average molecular weight is 277 g/mol. The number of ether oxygens (including phenoxy) is 1. The van der Waals surface area contributed by atoms with E-state index < -0.39 is 11.6 Å². The van der Waals surface area contributed by atoms with Gasteiger partial charge in [0, 0.05) is 11.8 Å². The van der Waals surface area contributed by atoms with Gasteiger partial charge >= 0.3 is 0 Å². The topological polar surface area (TPSA) is 38.3 Å². The first-order valence-electron chi connectivity index (χ1n) is 6.07. The summed E-state index contributed by atoms with van der Waals surface area (Å²) in [6.07, 6.45) is 0.0903. The number of hydrogen-bond acceptors (Lipinski definition) is 2. The lowest BCUT2D eigenvalue weighted by molar-refractivity contribution is -0.116. The Bertz CT molecular complexity index is 567. The molecule has 0 aliphatic rings. The summed E-state index contributed by atoms with van der Waals surface area (Å²) in [7, 11) is 0. The van der Waals surface area contributed by atoms with Crippen molar-refractivity contribution in [1.29, 1.82) is 0 Å². The van der Waals surface area contributed by atoms with E-state index in [2.05, 4.69) is 5.32 Å². The number of rotatable bonds is 5. The van der Waals surface area contributed by atoms with Crippen LogP contribution in [0.15, 0.2) is 48.5 Å². The van der Waals surface area contributed by atoms with Crippen LogP contribution >= 0.6 is 0 Å². The van der Waals surface area contributed by atoms with Crippen molar-refractivity contribution in [2.45, 2.75) is 6.42 Å². The smallest absolute Gasteiger partial charge is 0.227 e. The van der Waals surface area contributed by atoms with Gasteiger partial charge in [-0.1, -0.05) is 18.2 Å². The van der Waals surface area contributed by atoms with E-state index in [1.54, 1.807) is 12.1 Å². The number of halogens is 2. The van der Waals surface area contributed by atoms with Crippen molar-refractivity contribution < 1.29 is 18.3 Å². The van der Waals surface area contributed by atoms with Crippen molar-refractivity contribution >= 4 is 11.6 Å². The van der Waals surface area contributed by atoms with E-state index in [9.17, 15) is 13.6 Å². The van der Waals surface area contributed by atoms with Gasteiger partial charge in [-0.25, -0.2) is 8.78 Å². The summed E-state index contributed by atoms with van der Waals surface area (Å²) >= 11 is 0. The molecule has 0 spiro atoms. The first kappa shape index (κ1) is 14.0. The monoisotopic (exact) mass is 277 g/mol. The summed E-state index contributed by atoms with van der Waals surface area (Å²) in [5, 5.41) is 2.41. The quantitative estimate of drug-likeness (QED) is 0.910. The number of hydrogen-bond donors (Lipinski definition) is 1. The van der Waals surface area contributed by atoms with E-state index in [4.69, 9.17) is 4.74 Å². The normalized spacial score (nSPS) is 10.1. The van der Waals surface area contributed by atoms with Crippen LogP contribution in [0.5, 0.6) is 5.75 Å². The van der Waals surface area contributed by atoms with Gasteiger partial charge in [0.25, 0.3) is 0 Å². The van der Waals surface area contributed by atoms with Crippen molar-refractivity contribution in [3.8, 4) is 5.75 Å². The highest BCUT2D eigenvalue weighted by Gasteiger charge is 2.05. The molecule has 0 saturated carbocycles. The van der Waals surface area contributed by atoms with Crippen LogP contribution in [0.1, 0.15) is 6.42 Å². The lowest BCUT2D eigenvalue weighted by Gasteiger charge is -2.07. The Kier molecular flexibility index (Phi) is 4.65. The summed E-state index contributed by atoms with van der Waals surface area (Å²) in [4.78, 5) is 11.6. The molecule has 5 heteroatoms. The second kappa shape index (κ2) is 6.65. The summed E-state index contributed by atoms with van der Waals surface area (Å²) in [6, 6.07) is 11.9. The van der Waals surface area contributed by atoms with Gasteiger partial charge in [-0.05, 0) is 24.3 Å². The Hall–Kier alpha value is -2.43. The van der Waals surface area contributed by atoms with E-state index in [1.807, 2.05) is 18.2 Å². The lowest BCUT2D eigenvalue weighted by Crippen LogP contribution is -2.15. The first-order chi connectivity index (χ1) is 9.63. The minimum Gasteiger partial charge on any atom is -0.493 e. The highest BCUT2D eigenvalue weighted by atomic mass is 19.1. The van der Waals surface area contributed by atoms with Gasteiger partial charge in [-0.15, -0.1) is 0 Å². The fourth-order valence-corrected chi connectivity index (χ4v) is 1.63. The molecule has 0 radical (unpaired) electrons. The Labute approximate surface area is 115 Å². The summed E-state index contributed by atoms with van der Waals surface area (Å²) in [5.74, 6) is -1.18. The van der Waals surface area contributed by atoms with Gasteiger partial charge in [-0.2, -0.15) is 0 Å². The van der Waals surface area contributed by atoms with Crippen LogP contribution in [0, 0.1) is 11.6 Å². The predicted octanol–water partition coefficient (Wildman–Crippen LogP) is 3.37. The van der Waals surface area contributed by atoms with E-state index in [1.165, 1.54) is 0 Å². The fourth-order valence-electron chi connectivity index (χ4n) is 1.63. The van der Waals surface area contributed by atoms with Crippen molar-refractivity contribution in [2.75, 3.05) is 11.9 Å². The molecule has 1 amide bonds. The average Bonchev–Trinajstić information content (AvgIpc) is 2.38. The van der Waals surface area contributed by atoms with E-state index >= 15 is 0 Å². The molecular formula is C15H13F2NO2. The van der Waals surface area contributed by atoms with E-state index in [0.717, 1.165) is 18.2 Å². The number of benzene rings is 2. The summed E-state index contributed by atoms with van der Waals surface area (Å²) in [5.41, 5.74) is 0.0900.